The quantitative estimate of drug-likeness (QED) is 0.735. The summed E-state index contributed by atoms with van der Waals surface area (Å²) < 4.78 is 5.14. The lowest BCUT2D eigenvalue weighted by atomic mass is 10.0. The van der Waals surface area contributed by atoms with E-state index < -0.39 is 0 Å². The van der Waals surface area contributed by atoms with Crippen molar-refractivity contribution in [3.8, 4) is 5.75 Å². The van der Waals surface area contributed by atoms with E-state index in [4.69, 9.17) is 4.74 Å². The minimum Gasteiger partial charge on any atom is -0.497 e. The molecule has 0 bridgehead atoms. The summed E-state index contributed by atoms with van der Waals surface area (Å²) >= 11 is 0. The molecule has 0 aliphatic carbocycles. The molecule has 2 amide bonds. The van der Waals surface area contributed by atoms with Crippen molar-refractivity contribution < 1.29 is 14.3 Å². The number of methoxy groups -OCH3 is 1. The van der Waals surface area contributed by atoms with Crippen LogP contribution in [-0.2, 0) is 9.59 Å². The van der Waals surface area contributed by atoms with Crippen LogP contribution in [0.2, 0.25) is 0 Å². The first-order valence-corrected chi connectivity index (χ1v) is 9.27. The van der Waals surface area contributed by atoms with Crippen LogP contribution < -0.4 is 15.4 Å². The molecule has 150 valence electrons. The van der Waals surface area contributed by atoms with Gasteiger partial charge in [-0.2, -0.15) is 0 Å². The fourth-order valence-corrected chi connectivity index (χ4v) is 2.85. The fourth-order valence-electron chi connectivity index (χ4n) is 2.85. The van der Waals surface area contributed by atoms with Crippen LogP contribution in [0.4, 0.5) is 5.69 Å². The van der Waals surface area contributed by atoms with Crippen LogP contribution in [-0.4, -0.2) is 44.0 Å². The summed E-state index contributed by atoms with van der Waals surface area (Å²) in [4.78, 5) is 26.2. The molecule has 0 radical (unpaired) electrons. The Morgan fingerprint density at radius 1 is 1.04 bits per heavy atom. The molecule has 2 aromatic rings. The van der Waals surface area contributed by atoms with Gasteiger partial charge in [0, 0.05) is 11.8 Å². The van der Waals surface area contributed by atoms with Crippen LogP contribution in [0, 0.1) is 13.8 Å². The molecule has 2 aromatic carbocycles. The molecule has 1 atom stereocenters. The molecular formula is C22H29N3O3. The predicted molar refractivity (Wildman–Crippen MR) is 112 cm³/mol. The van der Waals surface area contributed by atoms with E-state index in [9.17, 15) is 9.59 Å². The number of rotatable bonds is 8. The van der Waals surface area contributed by atoms with Crippen LogP contribution in [0.3, 0.4) is 0 Å². The monoisotopic (exact) mass is 383 g/mol. The Balaban J connectivity index is 1.82. The lowest BCUT2D eigenvalue weighted by Gasteiger charge is -2.19. The number of likely N-dealkylation sites (N-methyl/N-ethyl adjacent to an activating group) is 1. The van der Waals surface area contributed by atoms with E-state index in [0.29, 0.717) is 11.4 Å². The van der Waals surface area contributed by atoms with Crippen molar-refractivity contribution in [2.24, 2.45) is 0 Å². The number of ether oxygens (including phenoxy) is 1. The zero-order valence-corrected chi connectivity index (χ0v) is 17.2. The number of aryl methyl sites for hydroxylation is 2. The summed E-state index contributed by atoms with van der Waals surface area (Å²) in [5.74, 6) is 0.360. The third-order valence-electron chi connectivity index (χ3n) is 4.59. The molecule has 6 nitrogen and oxygen atoms in total. The molecule has 0 heterocycles. The normalized spacial score (nSPS) is 11.8. The van der Waals surface area contributed by atoms with Gasteiger partial charge >= 0.3 is 0 Å². The molecule has 0 saturated carbocycles. The number of nitrogens with zero attached hydrogens (tertiary/aromatic N) is 1. The van der Waals surface area contributed by atoms with Crippen LogP contribution in [0.1, 0.15) is 29.7 Å². The van der Waals surface area contributed by atoms with Gasteiger partial charge in [0.2, 0.25) is 11.8 Å². The van der Waals surface area contributed by atoms with Crippen LogP contribution in [0.25, 0.3) is 0 Å². The maximum atomic E-state index is 12.3. The molecule has 0 saturated heterocycles. The number of hydrogen-bond acceptors (Lipinski definition) is 4. The Hall–Kier alpha value is -2.86. The Labute approximate surface area is 166 Å². The minimum atomic E-state index is -0.189. The van der Waals surface area contributed by atoms with Gasteiger partial charge < -0.3 is 15.4 Å². The highest BCUT2D eigenvalue weighted by atomic mass is 16.5. The van der Waals surface area contributed by atoms with E-state index in [2.05, 4.69) is 36.6 Å². The van der Waals surface area contributed by atoms with E-state index in [1.165, 1.54) is 11.1 Å². The third-order valence-corrected chi connectivity index (χ3v) is 4.59. The number of carbonyl (C=O) groups is 2. The van der Waals surface area contributed by atoms with E-state index in [-0.39, 0.29) is 30.9 Å². The van der Waals surface area contributed by atoms with Gasteiger partial charge in [0.1, 0.15) is 5.75 Å². The van der Waals surface area contributed by atoms with Crippen LogP contribution in [0.15, 0.2) is 42.5 Å². The van der Waals surface area contributed by atoms with Crippen molar-refractivity contribution in [1.29, 1.82) is 0 Å². The average Bonchev–Trinajstić information content (AvgIpc) is 2.63. The van der Waals surface area contributed by atoms with Gasteiger partial charge in [0.05, 0.1) is 26.2 Å². The highest BCUT2D eigenvalue weighted by Gasteiger charge is 2.14. The summed E-state index contributed by atoms with van der Waals surface area (Å²) in [6, 6.07) is 13.2. The topological polar surface area (TPSA) is 70.7 Å². The summed E-state index contributed by atoms with van der Waals surface area (Å²) in [7, 11) is 3.32. The summed E-state index contributed by atoms with van der Waals surface area (Å²) in [5.41, 5.74) is 4.15. The molecule has 6 heteroatoms. The second-order valence-electron chi connectivity index (χ2n) is 7.09. The first-order chi connectivity index (χ1) is 13.3. The van der Waals surface area contributed by atoms with Gasteiger partial charge in [-0.25, -0.2) is 0 Å². The van der Waals surface area contributed by atoms with Crippen LogP contribution >= 0.6 is 0 Å². The fraction of sp³-hybridized carbons (Fsp3) is 0.364. The highest BCUT2D eigenvalue weighted by Crippen LogP contribution is 2.17. The molecule has 1 unspecified atom stereocenters. The summed E-state index contributed by atoms with van der Waals surface area (Å²) in [6.45, 7) is 6.33. The van der Waals surface area contributed by atoms with Gasteiger partial charge in [0.15, 0.2) is 0 Å². The Bertz CT molecular complexity index is 836. The molecule has 28 heavy (non-hydrogen) atoms. The Morgan fingerprint density at radius 2 is 1.75 bits per heavy atom. The zero-order chi connectivity index (χ0) is 20.7. The van der Waals surface area contributed by atoms with Crippen molar-refractivity contribution in [2.45, 2.75) is 26.8 Å². The number of nitrogens with one attached hydrogen (secondary N) is 2. The SMILES string of the molecule is COc1cccc(NC(=O)CN(C)CC(=O)NC(C)c2ccc(C)c(C)c2)c1. The van der Waals surface area contributed by atoms with Crippen molar-refractivity contribution in [3.05, 3.63) is 59.2 Å². The lowest BCUT2D eigenvalue weighted by Crippen LogP contribution is -2.39. The second-order valence-corrected chi connectivity index (χ2v) is 7.09. The number of anilines is 1. The molecule has 0 aliphatic rings. The van der Waals surface area contributed by atoms with Crippen molar-refractivity contribution in [2.75, 3.05) is 32.6 Å². The molecular weight excluding hydrogens is 354 g/mol. The molecule has 0 aromatic heterocycles. The first-order valence-electron chi connectivity index (χ1n) is 9.27. The molecule has 2 N–H and O–H groups in total. The van der Waals surface area contributed by atoms with Gasteiger partial charge in [0.25, 0.3) is 0 Å². The van der Waals surface area contributed by atoms with E-state index in [1.54, 1.807) is 37.3 Å². The number of amides is 2. The maximum absolute atomic E-state index is 12.3. The van der Waals surface area contributed by atoms with Crippen molar-refractivity contribution >= 4 is 17.5 Å². The largest absolute Gasteiger partial charge is 0.497 e. The number of benzene rings is 2. The van der Waals surface area contributed by atoms with Gasteiger partial charge in [-0.05, 0) is 56.6 Å². The average molecular weight is 383 g/mol. The Kier molecular flexibility index (Phi) is 7.58. The van der Waals surface area contributed by atoms with Gasteiger partial charge in [-0.15, -0.1) is 0 Å². The predicted octanol–water partition coefficient (Wildman–Crippen LogP) is 3.06. The summed E-state index contributed by atoms with van der Waals surface area (Å²) in [5, 5.41) is 5.79. The van der Waals surface area contributed by atoms with E-state index in [1.807, 2.05) is 19.1 Å². The van der Waals surface area contributed by atoms with Crippen molar-refractivity contribution in [3.63, 3.8) is 0 Å². The lowest BCUT2D eigenvalue weighted by molar-refractivity contribution is -0.123. The van der Waals surface area contributed by atoms with Gasteiger partial charge in [-0.1, -0.05) is 24.3 Å². The van der Waals surface area contributed by atoms with E-state index >= 15 is 0 Å². The smallest absolute Gasteiger partial charge is 0.238 e. The first kappa shape index (κ1) is 21.4. The summed E-state index contributed by atoms with van der Waals surface area (Å²) in [6.07, 6.45) is 0. The van der Waals surface area contributed by atoms with Crippen molar-refractivity contribution in [1.82, 2.24) is 10.2 Å². The molecule has 0 aliphatic heterocycles. The van der Waals surface area contributed by atoms with E-state index in [0.717, 1.165) is 5.56 Å². The highest BCUT2D eigenvalue weighted by molar-refractivity contribution is 5.92. The Morgan fingerprint density at radius 3 is 2.43 bits per heavy atom. The second kappa shape index (κ2) is 9.90. The minimum absolute atomic E-state index is 0.0918. The zero-order valence-electron chi connectivity index (χ0n) is 17.2. The molecule has 2 rings (SSSR count). The standard InChI is InChI=1S/C22H29N3O3/c1-15-9-10-18(11-16(15)2)17(3)23-21(26)13-25(4)14-22(27)24-19-7-6-8-20(12-19)28-5/h6-12,17H,13-14H2,1-5H3,(H,23,26)(H,24,27). The third kappa shape index (κ3) is 6.39. The number of hydrogen-bond donors (Lipinski definition) is 2. The van der Waals surface area contributed by atoms with Crippen LogP contribution in [0.5, 0.6) is 5.75 Å². The molecule has 0 spiro atoms. The maximum Gasteiger partial charge on any atom is 0.238 e. The van der Waals surface area contributed by atoms with Gasteiger partial charge in [-0.3, -0.25) is 14.5 Å². The molecule has 0 fully saturated rings. The number of carbonyl (C=O) groups excluding carboxylic acids is 2.